The topological polar surface area (TPSA) is 15.3 Å². The maximum Gasteiger partial charge on any atom is 0.0672 e. The summed E-state index contributed by atoms with van der Waals surface area (Å²) < 4.78 is 0. The lowest BCUT2D eigenvalue weighted by atomic mass is 10.0. The Balaban J connectivity index is 1.83. The minimum absolute atomic E-state index is 0.448. The van der Waals surface area contributed by atoms with Crippen molar-refractivity contribution in [3.05, 3.63) is 0 Å². The van der Waals surface area contributed by atoms with Gasteiger partial charge in [0.1, 0.15) is 0 Å². The Morgan fingerprint density at radius 2 is 2.14 bits per heavy atom. The molecule has 0 radical (unpaired) electrons. The molecule has 82 valence electrons. The molecule has 0 aromatic heterocycles. The van der Waals surface area contributed by atoms with E-state index in [-0.39, 0.29) is 0 Å². The quantitative estimate of drug-likeness (QED) is 0.756. The molecule has 2 aliphatic rings. The fourth-order valence-corrected chi connectivity index (χ4v) is 3.97. The molecule has 2 nitrogen and oxygen atoms in total. The zero-order chi connectivity index (χ0) is 10.0. The van der Waals surface area contributed by atoms with Crippen molar-refractivity contribution in [3.8, 4) is 0 Å². The summed E-state index contributed by atoms with van der Waals surface area (Å²) in [5.74, 6) is 1.30. The summed E-state index contributed by atoms with van der Waals surface area (Å²) in [7, 11) is 0. The molecule has 2 fully saturated rings. The highest BCUT2D eigenvalue weighted by molar-refractivity contribution is 8.00. The zero-order valence-electron chi connectivity index (χ0n) is 9.38. The van der Waals surface area contributed by atoms with E-state index >= 15 is 0 Å². The molecule has 3 heteroatoms. The molecule has 1 spiro atoms. The van der Waals surface area contributed by atoms with Crippen molar-refractivity contribution in [3.63, 3.8) is 0 Å². The zero-order valence-corrected chi connectivity index (χ0v) is 10.2. The fourth-order valence-electron chi connectivity index (χ4n) is 2.56. The molecule has 0 aromatic rings. The smallest absolute Gasteiger partial charge is 0.0672 e. The third-order valence-electron chi connectivity index (χ3n) is 3.32. The molecule has 2 rings (SSSR count). The molecule has 1 atom stereocenters. The Morgan fingerprint density at radius 3 is 2.64 bits per heavy atom. The summed E-state index contributed by atoms with van der Waals surface area (Å²) in [5.41, 5.74) is 0. The van der Waals surface area contributed by atoms with E-state index in [9.17, 15) is 0 Å². The van der Waals surface area contributed by atoms with Gasteiger partial charge in [-0.2, -0.15) is 0 Å². The van der Waals surface area contributed by atoms with Crippen molar-refractivity contribution in [1.82, 2.24) is 10.2 Å². The maximum atomic E-state index is 3.77. The van der Waals surface area contributed by atoms with E-state index in [2.05, 4.69) is 35.8 Å². The van der Waals surface area contributed by atoms with Crippen LogP contribution in [0.4, 0.5) is 0 Å². The molecule has 0 saturated carbocycles. The first-order valence-corrected chi connectivity index (χ1v) is 6.87. The van der Waals surface area contributed by atoms with Gasteiger partial charge in [-0.25, -0.2) is 0 Å². The molecule has 0 amide bonds. The highest BCUT2D eigenvalue weighted by Gasteiger charge is 2.39. The molecule has 14 heavy (non-hydrogen) atoms. The Labute approximate surface area is 91.8 Å². The van der Waals surface area contributed by atoms with Gasteiger partial charge >= 0.3 is 0 Å². The normalized spacial score (nSPS) is 32.6. The Hall–Kier alpha value is 0.270. The van der Waals surface area contributed by atoms with Crippen molar-refractivity contribution < 1.29 is 0 Å². The van der Waals surface area contributed by atoms with E-state index in [1.165, 1.54) is 44.6 Å². The van der Waals surface area contributed by atoms with Crippen LogP contribution in [0.3, 0.4) is 0 Å². The van der Waals surface area contributed by atoms with Crippen molar-refractivity contribution in [2.75, 3.05) is 25.4 Å². The molecule has 0 aromatic carbocycles. The molecule has 1 unspecified atom stereocenters. The van der Waals surface area contributed by atoms with E-state index in [0.29, 0.717) is 4.87 Å². The number of thioether (sulfide) groups is 1. The summed E-state index contributed by atoms with van der Waals surface area (Å²) >= 11 is 2.16. The van der Waals surface area contributed by atoms with E-state index in [1.54, 1.807) is 0 Å². The molecule has 2 aliphatic heterocycles. The van der Waals surface area contributed by atoms with Gasteiger partial charge in [0, 0.05) is 24.9 Å². The van der Waals surface area contributed by atoms with Crippen LogP contribution in [-0.2, 0) is 0 Å². The first kappa shape index (κ1) is 10.8. The molecule has 1 N–H and O–H groups in total. The number of nitrogens with zero attached hydrogens (tertiary/aromatic N) is 1. The maximum absolute atomic E-state index is 3.77. The van der Waals surface area contributed by atoms with Gasteiger partial charge in [0.25, 0.3) is 0 Å². The third kappa shape index (κ3) is 2.26. The first-order valence-electron chi connectivity index (χ1n) is 5.88. The second-order valence-corrected chi connectivity index (χ2v) is 6.10. The van der Waals surface area contributed by atoms with Crippen LogP contribution in [0.5, 0.6) is 0 Å². The second kappa shape index (κ2) is 4.42. The van der Waals surface area contributed by atoms with Crippen LogP contribution >= 0.6 is 11.8 Å². The highest BCUT2D eigenvalue weighted by atomic mass is 32.2. The molecule has 2 saturated heterocycles. The molecule has 2 heterocycles. The highest BCUT2D eigenvalue weighted by Crippen LogP contribution is 2.38. The lowest BCUT2D eigenvalue weighted by Gasteiger charge is -2.39. The number of likely N-dealkylation sites (tertiary alicyclic amines) is 1. The summed E-state index contributed by atoms with van der Waals surface area (Å²) in [5, 5.41) is 3.77. The minimum Gasteiger partial charge on any atom is -0.303 e. The minimum atomic E-state index is 0.448. The van der Waals surface area contributed by atoms with Gasteiger partial charge in [-0.05, 0) is 32.7 Å². The predicted octanol–water partition coefficient (Wildman–Crippen LogP) is 1.91. The summed E-state index contributed by atoms with van der Waals surface area (Å²) in [6, 6.07) is 0.720. The van der Waals surface area contributed by atoms with Crippen LogP contribution in [0.2, 0.25) is 0 Å². The van der Waals surface area contributed by atoms with Gasteiger partial charge in [-0.3, -0.25) is 5.32 Å². The van der Waals surface area contributed by atoms with Crippen molar-refractivity contribution in [2.45, 2.75) is 44.0 Å². The average Bonchev–Trinajstić information content (AvgIpc) is 2.53. The van der Waals surface area contributed by atoms with E-state index in [4.69, 9.17) is 0 Å². The SMILES string of the molecule is CCCN1CCC2(CC1)NC(C)CS2. The van der Waals surface area contributed by atoms with Gasteiger partial charge < -0.3 is 4.90 Å². The third-order valence-corrected chi connectivity index (χ3v) is 5.07. The van der Waals surface area contributed by atoms with Gasteiger partial charge in [-0.15, -0.1) is 11.8 Å². The lowest BCUT2D eigenvalue weighted by molar-refractivity contribution is 0.184. The second-order valence-electron chi connectivity index (χ2n) is 4.69. The molecular formula is C11H22N2S. The van der Waals surface area contributed by atoms with E-state index in [0.717, 1.165) is 6.04 Å². The summed E-state index contributed by atoms with van der Waals surface area (Å²) in [6.07, 6.45) is 3.97. The van der Waals surface area contributed by atoms with Gasteiger partial charge in [-0.1, -0.05) is 6.92 Å². The number of piperidine rings is 1. The number of rotatable bonds is 2. The van der Waals surface area contributed by atoms with Gasteiger partial charge in [0.15, 0.2) is 0 Å². The van der Waals surface area contributed by atoms with E-state index < -0.39 is 0 Å². The molecule has 0 aliphatic carbocycles. The Bertz CT molecular complexity index is 188. The predicted molar refractivity (Wildman–Crippen MR) is 63.8 cm³/mol. The van der Waals surface area contributed by atoms with Crippen LogP contribution in [-0.4, -0.2) is 41.2 Å². The number of hydrogen-bond donors (Lipinski definition) is 1. The van der Waals surface area contributed by atoms with Crippen molar-refractivity contribution >= 4 is 11.8 Å². The van der Waals surface area contributed by atoms with Gasteiger partial charge in [0.05, 0.1) is 4.87 Å². The Kier molecular flexibility index (Phi) is 3.40. The summed E-state index contributed by atoms with van der Waals surface area (Å²) in [6.45, 7) is 8.45. The molecular weight excluding hydrogens is 192 g/mol. The van der Waals surface area contributed by atoms with Gasteiger partial charge in [0.2, 0.25) is 0 Å². The van der Waals surface area contributed by atoms with Crippen molar-refractivity contribution in [2.24, 2.45) is 0 Å². The van der Waals surface area contributed by atoms with Crippen molar-refractivity contribution in [1.29, 1.82) is 0 Å². The van der Waals surface area contributed by atoms with Crippen LogP contribution < -0.4 is 5.32 Å². The van der Waals surface area contributed by atoms with Crippen LogP contribution in [0.25, 0.3) is 0 Å². The summed E-state index contributed by atoms with van der Waals surface area (Å²) in [4.78, 5) is 3.06. The Morgan fingerprint density at radius 1 is 1.43 bits per heavy atom. The largest absolute Gasteiger partial charge is 0.303 e. The first-order chi connectivity index (χ1) is 6.74. The van der Waals surface area contributed by atoms with Crippen LogP contribution in [0.15, 0.2) is 0 Å². The lowest BCUT2D eigenvalue weighted by Crippen LogP contribution is -2.49. The average molecular weight is 214 g/mol. The fraction of sp³-hybridized carbons (Fsp3) is 1.00. The monoisotopic (exact) mass is 214 g/mol. The number of nitrogens with one attached hydrogen (secondary N) is 1. The van der Waals surface area contributed by atoms with E-state index in [1.807, 2.05) is 0 Å². The standard InChI is InChI=1S/C11H22N2S/c1-3-6-13-7-4-11(5-8-13)12-10(2)9-14-11/h10,12H,3-9H2,1-2H3. The number of hydrogen-bond acceptors (Lipinski definition) is 3. The van der Waals surface area contributed by atoms with Crippen LogP contribution in [0, 0.1) is 0 Å². The molecule has 0 bridgehead atoms. The van der Waals surface area contributed by atoms with Crippen LogP contribution in [0.1, 0.15) is 33.1 Å².